The predicted molar refractivity (Wildman–Crippen MR) is 112 cm³/mol. The summed E-state index contributed by atoms with van der Waals surface area (Å²) in [4.78, 5) is 12.4. The van der Waals surface area contributed by atoms with E-state index in [1.165, 1.54) is 16.4 Å². The zero-order chi connectivity index (χ0) is 21.0. The van der Waals surface area contributed by atoms with Crippen molar-refractivity contribution in [2.75, 3.05) is 13.1 Å². The van der Waals surface area contributed by atoms with Crippen LogP contribution in [0.2, 0.25) is 10.0 Å². The Bertz CT molecular complexity index is 993. The van der Waals surface area contributed by atoms with Gasteiger partial charge in [-0.2, -0.15) is 0 Å². The summed E-state index contributed by atoms with van der Waals surface area (Å²) in [5.41, 5.74) is 0.904. The minimum Gasteiger partial charge on any atom is -0.352 e. The first kappa shape index (κ1) is 22.0. The number of hydrogen-bond donors (Lipinski definition) is 1. The van der Waals surface area contributed by atoms with Crippen LogP contribution in [0.5, 0.6) is 0 Å². The highest BCUT2D eigenvalue weighted by atomic mass is 35.5. The molecule has 29 heavy (non-hydrogen) atoms. The van der Waals surface area contributed by atoms with Gasteiger partial charge in [-0.1, -0.05) is 47.5 Å². The Kier molecular flexibility index (Phi) is 7.16. The van der Waals surface area contributed by atoms with Gasteiger partial charge < -0.3 is 5.32 Å². The first-order valence-electron chi connectivity index (χ1n) is 9.19. The molecule has 1 amide bonds. The Morgan fingerprint density at radius 1 is 1.10 bits per heavy atom. The minimum absolute atomic E-state index is 0.110. The minimum atomic E-state index is -3.56. The molecule has 3 rings (SSSR count). The highest BCUT2D eigenvalue weighted by molar-refractivity contribution is 7.88. The van der Waals surface area contributed by atoms with Crippen molar-refractivity contribution in [3.63, 3.8) is 0 Å². The molecule has 0 bridgehead atoms. The number of benzene rings is 2. The number of sulfonamides is 1. The molecular formula is C20H21Cl2FN2O3S. The van der Waals surface area contributed by atoms with Crippen molar-refractivity contribution in [2.24, 2.45) is 5.92 Å². The Balaban J connectivity index is 1.53. The number of carbonyl (C=O) groups is 1. The monoisotopic (exact) mass is 458 g/mol. The van der Waals surface area contributed by atoms with Crippen molar-refractivity contribution < 1.29 is 17.6 Å². The van der Waals surface area contributed by atoms with Crippen LogP contribution >= 0.6 is 23.2 Å². The lowest BCUT2D eigenvalue weighted by molar-refractivity contribution is -0.126. The highest BCUT2D eigenvalue weighted by Crippen LogP contribution is 2.26. The number of carbonyl (C=O) groups excluding carboxylic acids is 1. The summed E-state index contributed by atoms with van der Waals surface area (Å²) < 4.78 is 40.5. The molecule has 0 atom stereocenters. The summed E-state index contributed by atoms with van der Waals surface area (Å²) in [5, 5.41) is 3.49. The highest BCUT2D eigenvalue weighted by Gasteiger charge is 2.31. The summed E-state index contributed by atoms with van der Waals surface area (Å²) in [6.07, 6.45) is 0.827. The van der Waals surface area contributed by atoms with Crippen LogP contribution in [0.4, 0.5) is 4.39 Å². The van der Waals surface area contributed by atoms with Crippen molar-refractivity contribution in [1.82, 2.24) is 9.62 Å². The summed E-state index contributed by atoms with van der Waals surface area (Å²) in [5.74, 6) is -1.07. The largest absolute Gasteiger partial charge is 0.352 e. The Morgan fingerprint density at radius 3 is 2.45 bits per heavy atom. The van der Waals surface area contributed by atoms with Gasteiger partial charge in [0.05, 0.1) is 5.75 Å². The average molecular weight is 459 g/mol. The number of nitrogens with one attached hydrogen (secondary N) is 1. The van der Waals surface area contributed by atoms with E-state index in [0.29, 0.717) is 34.0 Å². The van der Waals surface area contributed by atoms with Crippen molar-refractivity contribution in [2.45, 2.75) is 25.1 Å². The maximum Gasteiger partial charge on any atom is 0.223 e. The average Bonchev–Trinajstić information content (AvgIpc) is 2.69. The van der Waals surface area contributed by atoms with Crippen LogP contribution < -0.4 is 5.32 Å². The van der Waals surface area contributed by atoms with Crippen LogP contribution in [0.25, 0.3) is 0 Å². The fourth-order valence-electron chi connectivity index (χ4n) is 3.29. The number of amides is 1. The normalized spacial score (nSPS) is 16.0. The molecule has 156 valence electrons. The second-order valence-electron chi connectivity index (χ2n) is 6.97. The molecule has 5 nitrogen and oxygen atoms in total. The summed E-state index contributed by atoms with van der Waals surface area (Å²) >= 11 is 11.9. The molecule has 2 aromatic carbocycles. The zero-order valence-electron chi connectivity index (χ0n) is 15.6. The van der Waals surface area contributed by atoms with E-state index >= 15 is 0 Å². The van der Waals surface area contributed by atoms with E-state index in [1.54, 1.807) is 30.3 Å². The molecular weight excluding hydrogens is 438 g/mol. The molecule has 9 heteroatoms. The second-order valence-corrected chi connectivity index (χ2v) is 9.79. The fraction of sp³-hybridized carbons (Fsp3) is 0.350. The summed E-state index contributed by atoms with van der Waals surface area (Å²) in [6, 6.07) is 11.0. The first-order chi connectivity index (χ1) is 13.8. The molecule has 2 aromatic rings. The summed E-state index contributed by atoms with van der Waals surface area (Å²) in [6.45, 7) is 0.621. The fourth-order valence-corrected chi connectivity index (χ4v) is 5.44. The maximum atomic E-state index is 13.7. The number of halogens is 3. The molecule has 0 radical (unpaired) electrons. The van der Waals surface area contributed by atoms with Gasteiger partial charge >= 0.3 is 0 Å². The molecule has 0 spiro atoms. The molecule has 1 heterocycles. The lowest BCUT2D eigenvalue weighted by Gasteiger charge is -2.30. The molecule has 1 aliphatic heterocycles. The maximum absolute atomic E-state index is 13.7. The molecule has 1 aliphatic rings. The van der Waals surface area contributed by atoms with Crippen LogP contribution in [0.3, 0.4) is 0 Å². The predicted octanol–water partition coefficient (Wildman–Crippen LogP) is 3.99. The Hall–Kier alpha value is -1.67. The quantitative estimate of drug-likeness (QED) is 0.711. The van der Waals surface area contributed by atoms with Crippen molar-refractivity contribution >= 4 is 39.1 Å². The van der Waals surface area contributed by atoms with Gasteiger partial charge in [0, 0.05) is 41.2 Å². The van der Waals surface area contributed by atoms with Crippen LogP contribution in [-0.4, -0.2) is 31.7 Å². The SMILES string of the molecule is O=C(NCc1ccccc1F)C1CCN(S(=O)(=O)Cc2ccc(Cl)cc2Cl)CC1. The number of nitrogens with zero attached hydrogens (tertiary/aromatic N) is 1. The van der Waals surface area contributed by atoms with Crippen LogP contribution in [-0.2, 0) is 27.1 Å². The number of rotatable bonds is 6. The van der Waals surface area contributed by atoms with Gasteiger partial charge in [0.1, 0.15) is 5.82 Å². The molecule has 0 aromatic heterocycles. The van der Waals surface area contributed by atoms with E-state index in [-0.39, 0.29) is 43.0 Å². The third-order valence-electron chi connectivity index (χ3n) is 4.98. The van der Waals surface area contributed by atoms with Gasteiger partial charge in [-0.25, -0.2) is 17.1 Å². The third-order valence-corrected chi connectivity index (χ3v) is 7.40. The van der Waals surface area contributed by atoms with E-state index in [0.717, 1.165) is 0 Å². The molecule has 1 saturated heterocycles. The van der Waals surface area contributed by atoms with Crippen LogP contribution in [0.15, 0.2) is 42.5 Å². The van der Waals surface area contributed by atoms with E-state index in [2.05, 4.69) is 5.32 Å². The van der Waals surface area contributed by atoms with Gasteiger partial charge in [-0.3, -0.25) is 4.79 Å². The van der Waals surface area contributed by atoms with Crippen LogP contribution in [0, 0.1) is 11.7 Å². The van der Waals surface area contributed by atoms with E-state index in [9.17, 15) is 17.6 Å². The topological polar surface area (TPSA) is 66.5 Å². The van der Waals surface area contributed by atoms with Crippen LogP contribution in [0.1, 0.15) is 24.0 Å². The Morgan fingerprint density at radius 2 is 1.79 bits per heavy atom. The van der Waals surface area contributed by atoms with Gasteiger partial charge in [0.2, 0.25) is 15.9 Å². The van der Waals surface area contributed by atoms with Gasteiger partial charge in [-0.05, 0) is 36.6 Å². The third kappa shape index (κ3) is 5.69. The van der Waals surface area contributed by atoms with Crippen molar-refractivity contribution in [3.05, 3.63) is 69.5 Å². The molecule has 1 N–H and O–H groups in total. The Labute approximate surface area is 179 Å². The lowest BCUT2D eigenvalue weighted by atomic mass is 9.97. The standard InChI is InChI=1S/C20H21Cl2FN2O3S/c21-17-6-5-16(18(22)11-17)13-29(27,28)25-9-7-14(8-10-25)20(26)24-12-15-3-1-2-4-19(15)23/h1-6,11,14H,7-10,12-13H2,(H,24,26). The number of hydrogen-bond acceptors (Lipinski definition) is 3. The van der Waals surface area contributed by atoms with E-state index < -0.39 is 10.0 Å². The van der Waals surface area contributed by atoms with E-state index in [1.807, 2.05) is 0 Å². The summed E-state index contributed by atoms with van der Waals surface area (Å²) in [7, 11) is -3.56. The molecule has 0 unspecified atom stereocenters. The van der Waals surface area contributed by atoms with E-state index in [4.69, 9.17) is 23.2 Å². The number of piperidine rings is 1. The zero-order valence-corrected chi connectivity index (χ0v) is 17.9. The molecule has 0 saturated carbocycles. The smallest absolute Gasteiger partial charge is 0.223 e. The van der Waals surface area contributed by atoms with Gasteiger partial charge in [0.25, 0.3) is 0 Å². The molecule has 0 aliphatic carbocycles. The first-order valence-corrected chi connectivity index (χ1v) is 11.6. The lowest BCUT2D eigenvalue weighted by Crippen LogP contribution is -2.43. The van der Waals surface area contributed by atoms with Gasteiger partial charge in [0.15, 0.2) is 0 Å². The molecule has 1 fully saturated rings. The van der Waals surface area contributed by atoms with Gasteiger partial charge in [-0.15, -0.1) is 0 Å². The second kappa shape index (κ2) is 9.43. The van der Waals surface area contributed by atoms with Crippen molar-refractivity contribution in [1.29, 1.82) is 0 Å². The van der Waals surface area contributed by atoms with Crippen molar-refractivity contribution in [3.8, 4) is 0 Å².